The second-order valence-corrected chi connectivity index (χ2v) is 5.61. The quantitative estimate of drug-likeness (QED) is 0.659. The Morgan fingerprint density at radius 3 is 2.31 bits per heavy atom. The lowest BCUT2D eigenvalue weighted by Gasteiger charge is -2.21. The average molecular weight is 216 g/mol. The summed E-state index contributed by atoms with van der Waals surface area (Å²) in [6.45, 7) is 11.0. The molecule has 0 amide bonds. The standard InChI is InChI=1S/C14H20N2/c1-9-7-8-11(14(3,4)5)13-12(9)10(2)15-16(13)6/h7-8H,1-6H3. The summed E-state index contributed by atoms with van der Waals surface area (Å²) in [5.74, 6) is 0. The highest BCUT2D eigenvalue weighted by Crippen LogP contribution is 2.32. The molecule has 0 radical (unpaired) electrons. The lowest BCUT2D eigenvalue weighted by atomic mass is 9.84. The molecule has 0 bridgehead atoms. The molecular weight excluding hydrogens is 196 g/mol. The van der Waals surface area contributed by atoms with Gasteiger partial charge in [-0.15, -0.1) is 0 Å². The molecule has 1 aromatic heterocycles. The predicted molar refractivity (Wildman–Crippen MR) is 68.9 cm³/mol. The Bertz CT molecular complexity index is 542. The van der Waals surface area contributed by atoms with Gasteiger partial charge in [-0.25, -0.2) is 0 Å². The van der Waals surface area contributed by atoms with Crippen LogP contribution in [0.5, 0.6) is 0 Å². The first kappa shape index (κ1) is 11.2. The molecule has 2 nitrogen and oxygen atoms in total. The van der Waals surface area contributed by atoms with Crippen LogP contribution < -0.4 is 0 Å². The van der Waals surface area contributed by atoms with Crippen molar-refractivity contribution in [3.8, 4) is 0 Å². The summed E-state index contributed by atoms with van der Waals surface area (Å²) in [7, 11) is 2.03. The van der Waals surface area contributed by atoms with E-state index in [0.29, 0.717) is 0 Å². The van der Waals surface area contributed by atoms with E-state index < -0.39 is 0 Å². The summed E-state index contributed by atoms with van der Waals surface area (Å²) < 4.78 is 2.01. The van der Waals surface area contributed by atoms with Crippen molar-refractivity contribution < 1.29 is 0 Å². The molecule has 0 aliphatic rings. The maximum Gasteiger partial charge on any atom is 0.0721 e. The van der Waals surface area contributed by atoms with E-state index in [0.717, 1.165) is 5.69 Å². The number of hydrogen-bond donors (Lipinski definition) is 0. The molecule has 1 aromatic carbocycles. The van der Waals surface area contributed by atoms with Crippen LogP contribution in [0.3, 0.4) is 0 Å². The van der Waals surface area contributed by atoms with Crippen LogP contribution in [0.4, 0.5) is 0 Å². The molecule has 0 spiro atoms. The highest BCUT2D eigenvalue weighted by atomic mass is 15.3. The van der Waals surface area contributed by atoms with Crippen molar-refractivity contribution in [2.45, 2.75) is 40.0 Å². The Labute approximate surface area is 97.3 Å². The monoisotopic (exact) mass is 216 g/mol. The maximum absolute atomic E-state index is 4.54. The molecule has 0 atom stereocenters. The maximum atomic E-state index is 4.54. The average Bonchev–Trinajstić information content (AvgIpc) is 2.42. The molecular formula is C14H20N2. The summed E-state index contributed by atoms with van der Waals surface area (Å²) in [5, 5.41) is 5.86. The highest BCUT2D eigenvalue weighted by molar-refractivity contribution is 5.88. The zero-order chi connectivity index (χ0) is 12.1. The van der Waals surface area contributed by atoms with E-state index in [1.165, 1.54) is 22.0 Å². The van der Waals surface area contributed by atoms with Crippen LogP contribution in [0.25, 0.3) is 10.9 Å². The number of nitrogens with zero attached hydrogens (tertiary/aromatic N) is 2. The van der Waals surface area contributed by atoms with Gasteiger partial charge in [0, 0.05) is 12.4 Å². The Hall–Kier alpha value is -1.31. The molecule has 0 saturated heterocycles. The number of aromatic nitrogens is 2. The molecule has 0 aliphatic heterocycles. The van der Waals surface area contributed by atoms with Crippen LogP contribution in [0.15, 0.2) is 12.1 Å². The van der Waals surface area contributed by atoms with E-state index in [1.54, 1.807) is 0 Å². The van der Waals surface area contributed by atoms with Crippen molar-refractivity contribution in [2.75, 3.05) is 0 Å². The third-order valence-corrected chi connectivity index (χ3v) is 3.18. The number of fused-ring (bicyclic) bond motifs is 1. The second-order valence-electron chi connectivity index (χ2n) is 5.61. The molecule has 86 valence electrons. The summed E-state index contributed by atoms with van der Waals surface area (Å²) in [5.41, 5.74) is 5.25. The van der Waals surface area contributed by atoms with Gasteiger partial charge in [0.1, 0.15) is 0 Å². The molecule has 0 unspecified atom stereocenters. The van der Waals surface area contributed by atoms with Gasteiger partial charge >= 0.3 is 0 Å². The van der Waals surface area contributed by atoms with Crippen molar-refractivity contribution in [1.82, 2.24) is 9.78 Å². The van der Waals surface area contributed by atoms with Crippen LogP contribution in [-0.4, -0.2) is 9.78 Å². The van der Waals surface area contributed by atoms with E-state index in [1.807, 2.05) is 11.7 Å². The van der Waals surface area contributed by atoms with E-state index in [4.69, 9.17) is 0 Å². The Morgan fingerprint density at radius 1 is 1.12 bits per heavy atom. The number of hydrogen-bond acceptors (Lipinski definition) is 1. The fourth-order valence-electron chi connectivity index (χ4n) is 2.42. The van der Waals surface area contributed by atoms with E-state index in [2.05, 4.69) is 51.9 Å². The molecule has 0 N–H and O–H groups in total. The normalized spacial score (nSPS) is 12.4. The first-order chi connectivity index (χ1) is 7.32. The minimum Gasteiger partial charge on any atom is -0.267 e. The largest absolute Gasteiger partial charge is 0.267 e. The van der Waals surface area contributed by atoms with Crippen LogP contribution in [0, 0.1) is 13.8 Å². The Kier molecular flexibility index (Phi) is 2.33. The lowest BCUT2D eigenvalue weighted by molar-refractivity contribution is 0.590. The Balaban J connectivity index is 2.94. The first-order valence-electron chi connectivity index (χ1n) is 5.76. The van der Waals surface area contributed by atoms with Crippen LogP contribution in [0.1, 0.15) is 37.6 Å². The van der Waals surface area contributed by atoms with Gasteiger partial charge in [-0.3, -0.25) is 4.68 Å². The van der Waals surface area contributed by atoms with Gasteiger partial charge in [0.15, 0.2) is 0 Å². The van der Waals surface area contributed by atoms with Gasteiger partial charge in [-0.05, 0) is 30.4 Å². The third-order valence-electron chi connectivity index (χ3n) is 3.18. The summed E-state index contributed by atoms with van der Waals surface area (Å²) in [6, 6.07) is 4.44. The molecule has 2 aromatic rings. The van der Waals surface area contributed by atoms with Crippen molar-refractivity contribution in [1.29, 1.82) is 0 Å². The SMILES string of the molecule is Cc1ccc(C(C)(C)C)c2c1c(C)nn2C. The summed E-state index contributed by atoms with van der Waals surface area (Å²) in [4.78, 5) is 0. The molecule has 0 fully saturated rings. The van der Waals surface area contributed by atoms with Gasteiger partial charge < -0.3 is 0 Å². The number of aryl methyl sites for hydroxylation is 3. The van der Waals surface area contributed by atoms with Crippen molar-refractivity contribution in [2.24, 2.45) is 7.05 Å². The first-order valence-corrected chi connectivity index (χ1v) is 5.76. The summed E-state index contributed by atoms with van der Waals surface area (Å²) in [6.07, 6.45) is 0. The van der Waals surface area contributed by atoms with E-state index in [-0.39, 0.29) is 5.41 Å². The van der Waals surface area contributed by atoms with Gasteiger partial charge in [0.25, 0.3) is 0 Å². The number of rotatable bonds is 0. The number of benzene rings is 1. The molecule has 0 saturated carbocycles. The van der Waals surface area contributed by atoms with E-state index >= 15 is 0 Å². The third kappa shape index (κ3) is 1.53. The fraction of sp³-hybridized carbons (Fsp3) is 0.500. The highest BCUT2D eigenvalue weighted by Gasteiger charge is 2.20. The predicted octanol–water partition coefficient (Wildman–Crippen LogP) is 3.49. The second kappa shape index (κ2) is 3.34. The zero-order valence-electron chi connectivity index (χ0n) is 11.0. The minimum absolute atomic E-state index is 0.159. The smallest absolute Gasteiger partial charge is 0.0721 e. The fourth-order valence-corrected chi connectivity index (χ4v) is 2.42. The minimum atomic E-state index is 0.159. The molecule has 0 aliphatic carbocycles. The van der Waals surface area contributed by atoms with Gasteiger partial charge in [0.05, 0.1) is 11.2 Å². The molecule has 2 rings (SSSR count). The Morgan fingerprint density at radius 2 is 1.75 bits per heavy atom. The zero-order valence-corrected chi connectivity index (χ0v) is 11.0. The van der Waals surface area contributed by atoms with E-state index in [9.17, 15) is 0 Å². The molecule has 2 heteroatoms. The topological polar surface area (TPSA) is 17.8 Å². The lowest BCUT2D eigenvalue weighted by Crippen LogP contribution is -2.13. The summed E-state index contributed by atoms with van der Waals surface area (Å²) >= 11 is 0. The van der Waals surface area contributed by atoms with Crippen LogP contribution >= 0.6 is 0 Å². The van der Waals surface area contributed by atoms with Crippen molar-refractivity contribution >= 4 is 10.9 Å². The van der Waals surface area contributed by atoms with Crippen LogP contribution in [-0.2, 0) is 12.5 Å². The van der Waals surface area contributed by atoms with Gasteiger partial charge in [-0.2, -0.15) is 5.10 Å². The van der Waals surface area contributed by atoms with Crippen molar-refractivity contribution in [3.63, 3.8) is 0 Å². The van der Waals surface area contributed by atoms with Gasteiger partial charge in [0.2, 0.25) is 0 Å². The molecule has 1 heterocycles. The van der Waals surface area contributed by atoms with Gasteiger partial charge in [-0.1, -0.05) is 32.9 Å². The van der Waals surface area contributed by atoms with Crippen LogP contribution in [0.2, 0.25) is 0 Å². The van der Waals surface area contributed by atoms with Crippen molar-refractivity contribution in [3.05, 3.63) is 29.0 Å². The molecule has 16 heavy (non-hydrogen) atoms.